The van der Waals surface area contributed by atoms with Crippen molar-refractivity contribution in [3.05, 3.63) is 18.2 Å². The molecule has 1 spiro atoms. The van der Waals surface area contributed by atoms with E-state index in [0.29, 0.717) is 37.6 Å². The number of carbonyl (C=O) groups excluding carboxylic acids is 1. The Morgan fingerprint density at radius 3 is 2.79 bits per heavy atom. The van der Waals surface area contributed by atoms with Crippen molar-refractivity contribution in [3.63, 3.8) is 0 Å². The number of anilines is 1. The second-order valence-electron chi connectivity index (χ2n) is 6.68. The topological polar surface area (TPSA) is 76.2 Å². The molecule has 1 aromatic rings. The van der Waals surface area contributed by atoms with Gasteiger partial charge in [-0.15, -0.1) is 0 Å². The molecule has 3 aliphatic heterocycles. The fourth-order valence-electron chi connectivity index (χ4n) is 3.77. The molecule has 24 heavy (non-hydrogen) atoms. The van der Waals surface area contributed by atoms with Crippen molar-refractivity contribution in [1.29, 1.82) is 0 Å². The Balaban J connectivity index is 1.56. The van der Waals surface area contributed by atoms with Crippen LogP contribution in [0, 0.1) is 5.41 Å². The standard InChI is InChI=1S/C16H20N2O5S/c1-2-24(20,21)17-6-5-16(9-17)8-15(19)18(10-16)12-3-4-13-14(7-12)23-11-22-13/h3-4,7H,2,5-6,8-11H2,1H3/t16-/m1/s1. The summed E-state index contributed by atoms with van der Waals surface area (Å²) in [6.45, 7) is 3.31. The number of ether oxygens (including phenoxy) is 2. The first-order valence-corrected chi connectivity index (χ1v) is 9.71. The van der Waals surface area contributed by atoms with Crippen LogP contribution in [0.15, 0.2) is 18.2 Å². The number of nitrogens with zero attached hydrogens (tertiary/aromatic N) is 2. The van der Waals surface area contributed by atoms with E-state index in [1.54, 1.807) is 17.9 Å². The molecule has 0 aromatic heterocycles. The maximum absolute atomic E-state index is 12.5. The van der Waals surface area contributed by atoms with E-state index in [4.69, 9.17) is 9.47 Å². The Kier molecular flexibility index (Phi) is 3.50. The minimum Gasteiger partial charge on any atom is -0.454 e. The largest absolute Gasteiger partial charge is 0.454 e. The monoisotopic (exact) mass is 352 g/mol. The predicted molar refractivity (Wildman–Crippen MR) is 87.6 cm³/mol. The SMILES string of the molecule is CCS(=O)(=O)N1CC[C@@]2(CC(=O)N(c3ccc4c(c3)OCO4)C2)C1. The molecule has 0 radical (unpaired) electrons. The van der Waals surface area contributed by atoms with E-state index in [2.05, 4.69) is 0 Å². The summed E-state index contributed by atoms with van der Waals surface area (Å²) >= 11 is 0. The normalized spacial score (nSPS) is 26.7. The van der Waals surface area contributed by atoms with Gasteiger partial charge in [0, 0.05) is 43.2 Å². The maximum Gasteiger partial charge on any atom is 0.231 e. The van der Waals surface area contributed by atoms with Crippen LogP contribution in [-0.4, -0.2) is 50.8 Å². The van der Waals surface area contributed by atoms with Crippen LogP contribution < -0.4 is 14.4 Å². The fourth-order valence-corrected chi connectivity index (χ4v) is 4.98. The van der Waals surface area contributed by atoms with Crippen LogP contribution in [0.4, 0.5) is 5.69 Å². The van der Waals surface area contributed by atoms with Crippen LogP contribution >= 0.6 is 0 Å². The first kappa shape index (κ1) is 15.7. The molecule has 8 heteroatoms. The Morgan fingerprint density at radius 1 is 1.21 bits per heavy atom. The lowest BCUT2D eigenvalue weighted by Gasteiger charge is -2.24. The molecule has 1 atom stereocenters. The molecule has 7 nitrogen and oxygen atoms in total. The van der Waals surface area contributed by atoms with Gasteiger partial charge in [0.15, 0.2) is 11.5 Å². The van der Waals surface area contributed by atoms with E-state index in [0.717, 1.165) is 12.1 Å². The van der Waals surface area contributed by atoms with Crippen molar-refractivity contribution in [3.8, 4) is 11.5 Å². The van der Waals surface area contributed by atoms with Crippen LogP contribution in [0.1, 0.15) is 19.8 Å². The molecule has 3 aliphatic rings. The average molecular weight is 352 g/mol. The fraction of sp³-hybridized carbons (Fsp3) is 0.562. The lowest BCUT2D eigenvalue weighted by Crippen LogP contribution is -2.34. The van der Waals surface area contributed by atoms with Crippen LogP contribution in [0.2, 0.25) is 0 Å². The number of hydrogen-bond donors (Lipinski definition) is 0. The zero-order valence-corrected chi connectivity index (χ0v) is 14.3. The van der Waals surface area contributed by atoms with Gasteiger partial charge in [0.05, 0.1) is 5.75 Å². The van der Waals surface area contributed by atoms with Crippen LogP contribution in [-0.2, 0) is 14.8 Å². The predicted octanol–water partition coefficient (Wildman–Crippen LogP) is 1.19. The van der Waals surface area contributed by atoms with Crippen molar-refractivity contribution >= 4 is 21.6 Å². The second-order valence-corrected chi connectivity index (χ2v) is 8.94. The van der Waals surface area contributed by atoms with Crippen molar-refractivity contribution in [2.24, 2.45) is 5.41 Å². The Morgan fingerprint density at radius 2 is 2.00 bits per heavy atom. The third-order valence-electron chi connectivity index (χ3n) is 5.15. The number of carbonyl (C=O) groups is 1. The van der Waals surface area contributed by atoms with Gasteiger partial charge in [0.2, 0.25) is 22.7 Å². The highest BCUT2D eigenvalue weighted by molar-refractivity contribution is 7.89. The van der Waals surface area contributed by atoms with Crippen molar-refractivity contribution in [2.45, 2.75) is 19.8 Å². The van der Waals surface area contributed by atoms with Crippen molar-refractivity contribution < 1.29 is 22.7 Å². The van der Waals surface area contributed by atoms with E-state index in [1.165, 1.54) is 4.31 Å². The summed E-state index contributed by atoms with van der Waals surface area (Å²) in [4.78, 5) is 14.3. The summed E-state index contributed by atoms with van der Waals surface area (Å²) in [5.41, 5.74) is 0.494. The molecule has 3 heterocycles. The van der Waals surface area contributed by atoms with Crippen molar-refractivity contribution in [2.75, 3.05) is 37.1 Å². The first-order valence-electron chi connectivity index (χ1n) is 8.10. The van der Waals surface area contributed by atoms with E-state index in [1.807, 2.05) is 12.1 Å². The Hall–Kier alpha value is -1.80. The van der Waals surface area contributed by atoms with Gasteiger partial charge in [-0.1, -0.05) is 0 Å². The molecule has 0 bridgehead atoms. The number of fused-ring (bicyclic) bond motifs is 1. The quantitative estimate of drug-likeness (QED) is 0.817. The minimum atomic E-state index is -3.20. The molecular weight excluding hydrogens is 332 g/mol. The van der Waals surface area contributed by atoms with Crippen molar-refractivity contribution in [1.82, 2.24) is 4.31 Å². The van der Waals surface area contributed by atoms with Crippen LogP contribution in [0.5, 0.6) is 11.5 Å². The van der Waals surface area contributed by atoms with Gasteiger partial charge in [0.1, 0.15) is 0 Å². The molecule has 0 aliphatic carbocycles. The number of hydrogen-bond acceptors (Lipinski definition) is 5. The second kappa shape index (κ2) is 5.35. The number of sulfonamides is 1. The van der Waals surface area contributed by atoms with E-state index in [-0.39, 0.29) is 23.9 Å². The van der Waals surface area contributed by atoms with Gasteiger partial charge < -0.3 is 14.4 Å². The molecule has 4 rings (SSSR count). The molecule has 2 fully saturated rings. The van der Waals surface area contributed by atoms with E-state index >= 15 is 0 Å². The molecule has 1 aromatic carbocycles. The number of benzene rings is 1. The summed E-state index contributed by atoms with van der Waals surface area (Å²) in [5, 5.41) is 0. The summed E-state index contributed by atoms with van der Waals surface area (Å²) in [7, 11) is -3.20. The number of amides is 1. The van der Waals surface area contributed by atoms with E-state index in [9.17, 15) is 13.2 Å². The first-order chi connectivity index (χ1) is 11.4. The lowest BCUT2D eigenvalue weighted by molar-refractivity contribution is -0.117. The zero-order chi connectivity index (χ0) is 16.9. The highest BCUT2D eigenvalue weighted by Gasteiger charge is 2.50. The smallest absolute Gasteiger partial charge is 0.231 e. The average Bonchev–Trinajstić information content (AvgIpc) is 3.26. The minimum absolute atomic E-state index is 0.0320. The molecule has 1 amide bonds. The maximum atomic E-state index is 12.5. The molecule has 2 saturated heterocycles. The molecule has 0 saturated carbocycles. The van der Waals surface area contributed by atoms with Gasteiger partial charge in [-0.3, -0.25) is 4.79 Å². The molecular formula is C16H20N2O5S. The molecule has 0 N–H and O–H groups in total. The Labute approximate surface area is 141 Å². The highest BCUT2D eigenvalue weighted by atomic mass is 32.2. The summed E-state index contributed by atoms with van der Waals surface area (Å²) < 4.78 is 36.4. The summed E-state index contributed by atoms with van der Waals surface area (Å²) in [6, 6.07) is 5.47. The van der Waals surface area contributed by atoms with Gasteiger partial charge in [0.25, 0.3) is 0 Å². The van der Waals surface area contributed by atoms with Gasteiger partial charge in [-0.05, 0) is 25.5 Å². The molecule has 130 valence electrons. The summed E-state index contributed by atoms with van der Waals surface area (Å²) in [5.74, 6) is 1.46. The molecule has 0 unspecified atom stereocenters. The zero-order valence-electron chi connectivity index (χ0n) is 13.5. The third-order valence-corrected chi connectivity index (χ3v) is 6.98. The Bertz CT molecular complexity index is 794. The van der Waals surface area contributed by atoms with Crippen LogP contribution in [0.3, 0.4) is 0 Å². The van der Waals surface area contributed by atoms with Gasteiger partial charge in [-0.2, -0.15) is 0 Å². The number of rotatable bonds is 3. The lowest BCUT2D eigenvalue weighted by atomic mass is 9.86. The van der Waals surface area contributed by atoms with Crippen LogP contribution in [0.25, 0.3) is 0 Å². The van der Waals surface area contributed by atoms with E-state index < -0.39 is 10.0 Å². The highest BCUT2D eigenvalue weighted by Crippen LogP contribution is 2.44. The van der Waals surface area contributed by atoms with Gasteiger partial charge >= 0.3 is 0 Å². The van der Waals surface area contributed by atoms with Gasteiger partial charge in [-0.25, -0.2) is 12.7 Å². The third kappa shape index (κ3) is 2.44. The summed E-state index contributed by atoms with van der Waals surface area (Å²) in [6.07, 6.45) is 1.11.